The highest BCUT2D eigenvalue weighted by molar-refractivity contribution is 8.00. The fourth-order valence-corrected chi connectivity index (χ4v) is 5.94. The zero-order valence-electron chi connectivity index (χ0n) is 24.9. The number of nitrogens with zero attached hydrogens (tertiary/aromatic N) is 1. The number of thioether (sulfide) groups is 1. The zero-order valence-corrected chi connectivity index (χ0v) is 25.7. The van der Waals surface area contributed by atoms with Gasteiger partial charge in [0.15, 0.2) is 5.37 Å². The molecule has 1 aliphatic rings. The van der Waals surface area contributed by atoms with Gasteiger partial charge in [-0.15, -0.1) is 0 Å². The molecule has 3 aromatic carbocycles. The van der Waals surface area contributed by atoms with Crippen LogP contribution >= 0.6 is 11.8 Å². The molecular formula is C32H38FN5O5S. The number of rotatable bonds is 11. The number of carbonyl (C=O) groups is 3. The first-order valence-corrected chi connectivity index (χ1v) is 15.1. The summed E-state index contributed by atoms with van der Waals surface area (Å²) in [6, 6.07) is 19.2. The summed E-state index contributed by atoms with van der Waals surface area (Å²) in [6.07, 6.45) is -0.956. The van der Waals surface area contributed by atoms with Gasteiger partial charge >= 0.3 is 6.03 Å². The largest absolute Gasteiger partial charge is 0.394 e. The lowest BCUT2D eigenvalue weighted by Crippen LogP contribution is -2.50. The minimum Gasteiger partial charge on any atom is -0.394 e. The van der Waals surface area contributed by atoms with Crippen LogP contribution in [0.4, 0.5) is 14.9 Å². The van der Waals surface area contributed by atoms with E-state index in [-0.39, 0.29) is 43.9 Å². The van der Waals surface area contributed by atoms with Crippen molar-refractivity contribution in [1.82, 2.24) is 20.9 Å². The number of para-hydroxylation sites is 1. The van der Waals surface area contributed by atoms with E-state index in [0.29, 0.717) is 10.6 Å². The molecule has 4 rings (SSSR count). The summed E-state index contributed by atoms with van der Waals surface area (Å²) in [7, 11) is 1.55. The summed E-state index contributed by atoms with van der Waals surface area (Å²) in [5, 5.41) is 29.0. The number of anilines is 1. The van der Waals surface area contributed by atoms with E-state index in [0.717, 1.165) is 34.0 Å². The van der Waals surface area contributed by atoms with Crippen molar-refractivity contribution >= 4 is 35.3 Å². The Morgan fingerprint density at radius 2 is 1.84 bits per heavy atom. The molecule has 1 aliphatic heterocycles. The van der Waals surface area contributed by atoms with Crippen LogP contribution in [0.25, 0.3) is 11.1 Å². The highest BCUT2D eigenvalue weighted by atomic mass is 32.2. The summed E-state index contributed by atoms with van der Waals surface area (Å²) in [5.41, 5.74) is 3.28. The topological polar surface area (TPSA) is 143 Å². The molecule has 2 atom stereocenters. The van der Waals surface area contributed by atoms with Gasteiger partial charge in [0, 0.05) is 49.1 Å². The average Bonchev–Trinajstić information content (AvgIpc) is 3.11. The number of aliphatic hydroxyl groups excluding tert-OH is 2. The maximum Gasteiger partial charge on any atom is 0.318 e. The van der Waals surface area contributed by atoms with Gasteiger partial charge < -0.3 is 36.4 Å². The van der Waals surface area contributed by atoms with Gasteiger partial charge in [-0.1, -0.05) is 60.3 Å². The quantitative estimate of drug-likeness (QED) is 0.192. The van der Waals surface area contributed by atoms with Crippen LogP contribution in [0.15, 0.2) is 71.6 Å². The molecule has 3 aromatic rings. The normalized spacial score (nSPS) is 15.6. The number of halogens is 1. The second-order valence-corrected chi connectivity index (χ2v) is 12.4. The number of fused-ring (bicyclic) bond motifs is 1. The van der Waals surface area contributed by atoms with Gasteiger partial charge in [0.2, 0.25) is 5.91 Å². The van der Waals surface area contributed by atoms with E-state index in [2.05, 4.69) is 21.3 Å². The third-order valence-corrected chi connectivity index (χ3v) is 8.32. The second kappa shape index (κ2) is 14.7. The Balaban J connectivity index is 1.52. The van der Waals surface area contributed by atoms with Crippen molar-refractivity contribution < 1.29 is 29.0 Å². The van der Waals surface area contributed by atoms with Crippen molar-refractivity contribution in [3.05, 3.63) is 83.7 Å². The highest BCUT2D eigenvalue weighted by Crippen LogP contribution is 2.34. The molecule has 0 aromatic heterocycles. The van der Waals surface area contributed by atoms with Crippen LogP contribution < -0.4 is 21.3 Å². The first kappa shape index (κ1) is 32.9. The lowest BCUT2D eigenvalue weighted by molar-refractivity contribution is -0.135. The van der Waals surface area contributed by atoms with Gasteiger partial charge in [0.25, 0.3) is 5.91 Å². The predicted octanol–water partition coefficient (Wildman–Crippen LogP) is 3.43. The first-order valence-electron chi connectivity index (χ1n) is 14.2. The van der Waals surface area contributed by atoms with Crippen LogP contribution in [0.2, 0.25) is 0 Å². The van der Waals surface area contributed by atoms with Crippen molar-refractivity contribution in [1.29, 1.82) is 0 Å². The van der Waals surface area contributed by atoms with Gasteiger partial charge in [-0.3, -0.25) is 9.59 Å². The van der Waals surface area contributed by atoms with Crippen LogP contribution in [-0.2, 0) is 22.7 Å². The van der Waals surface area contributed by atoms with Crippen LogP contribution in [0, 0.1) is 5.82 Å². The van der Waals surface area contributed by atoms with E-state index < -0.39 is 29.4 Å². The lowest BCUT2D eigenvalue weighted by Gasteiger charge is -2.29. The number of amides is 4. The minimum atomic E-state index is -0.980. The van der Waals surface area contributed by atoms with Crippen molar-refractivity contribution in [2.75, 3.05) is 25.5 Å². The Kier molecular flexibility index (Phi) is 11.0. The SMILES string of the molecule is CNC(=O)Nc1ccccc1-c1ccc(CN2Cc3ccc(F)cc3S[C@@H](NC(=O)CC(C)(C)NC[C@H](O)CO)C2=O)cc1. The molecule has 0 unspecified atom stereocenters. The second-order valence-electron chi connectivity index (χ2n) is 11.2. The molecule has 1 heterocycles. The van der Waals surface area contributed by atoms with Gasteiger partial charge in [0.1, 0.15) is 5.82 Å². The monoisotopic (exact) mass is 623 g/mol. The Morgan fingerprint density at radius 3 is 2.55 bits per heavy atom. The maximum atomic E-state index is 14.2. The van der Waals surface area contributed by atoms with Crippen LogP contribution in [0.1, 0.15) is 31.4 Å². The molecular weight excluding hydrogens is 585 g/mol. The van der Waals surface area contributed by atoms with E-state index in [1.807, 2.05) is 48.5 Å². The first-order chi connectivity index (χ1) is 21.0. The zero-order chi connectivity index (χ0) is 31.9. The van der Waals surface area contributed by atoms with Crippen LogP contribution in [0.5, 0.6) is 0 Å². The highest BCUT2D eigenvalue weighted by Gasteiger charge is 2.33. The van der Waals surface area contributed by atoms with E-state index in [9.17, 15) is 23.9 Å². The van der Waals surface area contributed by atoms with Crippen molar-refractivity contribution in [2.24, 2.45) is 0 Å². The van der Waals surface area contributed by atoms with E-state index >= 15 is 0 Å². The number of carbonyl (C=O) groups excluding carboxylic acids is 3. The van der Waals surface area contributed by atoms with Crippen molar-refractivity contribution in [2.45, 2.75) is 55.3 Å². The molecule has 234 valence electrons. The standard InChI is InChI=1S/C32H38FN5O5S/c1-32(2,35-16-24(40)19-39)15-28(41)37-29-30(42)38(18-22-12-13-23(33)14-27(22)44-29)17-20-8-10-21(11-9-20)25-6-4-5-7-26(25)36-31(43)34-3/h4-14,24,29,35,39-40H,15-19H2,1-3H3,(H,37,41)(H2,34,36,43)/t24-,29+/m0/s1. The third-order valence-electron chi connectivity index (χ3n) is 7.13. The predicted molar refractivity (Wildman–Crippen MR) is 168 cm³/mol. The summed E-state index contributed by atoms with van der Waals surface area (Å²) >= 11 is 1.10. The number of aliphatic hydroxyl groups is 2. The van der Waals surface area contributed by atoms with E-state index in [1.54, 1.807) is 31.9 Å². The summed E-state index contributed by atoms with van der Waals surface area (Å²) in [4.78, 5) is 41.0. The Morgan fingerprint density at radius 1 is 1.11 bits per heavy atom. The van der Waals surface area contributed by atoms with Crippen molar-refractivity contribution in [3.8, 4) is 11.1 Å². The Bertz CT molecular complexity index is 1490. The van der Waals surface area contributed by atoms with Crippen molar-refractivity contribution in [3.63, 3.8) is 0 Å². The summed E-state index contributed by atoms with van der Waals surface area (Å²) in [5.74, 6) is -1.14. The molecule has 0 fully saturated rings. The molecule has 0 radical (unpaired) electrons. The number of nitrogens with one attached hydrogen (secondary N) is 4. The molecule has 44 heavy (non-hydrogen) atoms. The molecule has 12 heteroatoms. The third kappa shape index (κ3) is 8.79. The number of β-amino-alcohol motifs (C(OH)–C–C–N with tert-alkyl or cyclic N) is 1. The average molecular weight is 624 g/mol. The molecule has 0 bridgehead atoms. The van der Waals surface area contributed by atoms with E-state index in [4.69, 9.17) is 5.11 Å². The summed E-state index contributed by atoms with van der Waals surface area (Å²) in [6.45, 7) is 3.76. The fourth-order valence-electron chi connectivity index (χ4n) is 4.78. The number of hydrogen-bond donors (Lipinski definition) is 6. The van der Waals surface area contributed by atoms with Crippen LogP contribution in [-0.4, -0.2) is 70.2 Å². The van der Waals surface area contributed by atoms with Gasteiger partial charge in [-0.25, -0.2) is 9.18 Å². The molecule has 10 nitrogen and oxygen atoms in total. The number of urea groups is 1. The molecule has 0 spiro atoms. The molecule has 0 aliphatic carbocycles. The Hall–Kier alpha value is -3.97. The number of hydrogen-bond acceptors (Lipinski definition) is 7. The van der Waals surface area contributed by atoms with E-state index in [1.165, 1.54) is 12.1 Å². The fraction of sp³-hybridized carbons (Fsp3) is 0.344. The van der Waals surface area contributed by atoms with Gasteiger partial charge in [-0.2, -0.15) is 0 Å². The molecule has 0 saturated carbocycles. The molecule has 4 amide bonds. The Labute approximate surface area is 260 Å². The maximum absolute atomic E-state index is 14.2. The van der Waals surface area contributed by atoms with Gasteiger partial charge in [0.05, 0.1) is 18.4 Å². The molecule has 0 saturated heterocycles. The minimum absolute atomic E-state index is 0.00318. The number of benzene rings is 3. The summed E-state index contributed by atoms with van der Waals surface area (Å²) < 4.78 is 14.2. The molecule has 6 N–H and O–H groups in total. The smallest absolute Gasteiger partial charge is 0.318 e. The van der Waals surface area contributed by atoms with Crippen LogP contribution in [0.3, 0.4) is 0 Å². The van der Waals surface area contributed by atoms with Gasteiger partial charge in [-0.05, 0) is 48.7 Å². The lowest BCUT2D eigenvalue weighted by atomic mass is 10.00.